The molecule has 0 fully saturated rings. The lowest BCUT2D eigenvalue weighted by Gasteiger charge is -2.13. The molecule has 24 heavy (non-hydrogen) atoms. The van der Waals surface area contributed by atoms with E-state index in [2.05, 4.69) is 15.3 Å². The normalized spacial score (nSPS) is 12.1. The molecule has 1 heterocycles. The second-order valence-electron chi connectivity index (χ2n) is 5.32. The SMILES string of the molecule is Cc1nc(S[C@H](C)C(=O)Nc2ccccc2F)c2ccccc2n1. The first-order chi connectivity index (χ1) is 11.5. The van der Waals surface area contributed by atoms with Gasteiger partial charge in [-0.2, -0.15) is 0 Å². The zero-order valence-electron chi connectivity index (χ0n) is 13.3. The van der Waals surface area contributed by atoms with Crippen LogP contribution in [-0.2, 0) is 4.79 Å². The average Bonchev–Trinajstić information content (AvgIpc) is 2.56. The highest BCUT2D eigenvalue weighted by Gasteiger charge is 2.18. The first-order valence-corrected chi connectivity index (χ1v) is 8.38. The lowest BCUT2D eigenvalue weighted by molar-refractivity contribution is -0.115. The van der Waals surface area contributed by atoms with E-state index >= 15 is 0 Å². The molecule has 0 radical (unpaired) electrons. The number of fused-ring (bicyclic) bond motifs is 1. The lowest BCUT2D eigenvalue weighted by Crippen LogP contribution is -2.23. The monoisotopic (exact) mass is 341 g/mol. The summed E-state index contributed by atoms with van der Waals surface area (Å²) in [7, 11) is 0. The minimum absolute atomic E-state index is 0.179. The molecule has 122 valence electrons. The Hall–Kier alpha value is -2.47. The molecule has 3 aromatic rings. The molecule has 4 nitrogen and oxygen atoms in total. The molecule has 0 aliphatic rings. The van der Waals surface area contributed by atoms with E-state index in [1.807, 2.05) is 31.2 Å². The molecule has 1 N–H and O–H groups in total. The van der Waals surface area contributed by atoms with Gasteiger partial charge in [-0.3, -0.25) is 4.79 Å². The second-order valence-corrected chi connectivity index (χ2v) is 6.65. The summed E-state index contributed by atoms with van der Waals surface area (Å²) in [5.41, 5.74) is 1.02. The molecule has 1 atom stereocenters. The highest BCUT2D eigenvalue weighted by atomic mass is 32.2. The number of carbonyl (C=O) groups is 1. The predicted molar refractivity (Wildman–Crippen MR) is 94.6 cm³/mol. The maximum atomic E-state index is 13.7. The number of nitrogens with one attached hydrogen (secondary N) is 1. The van der Waals surface area contributed by atoms with Crippen LogP contribution in [0.15, 0.2) is 53.6 Å². The van der Waals surface area contributed by atoms with Crippen LogP contribution < -0.4 is 5.32 Å². The molecular weight excluding hydrogens is 325 g/mol. The van der Waals surface area contributed by atoms with Gasteiger partial charge in [0.1, 0.15) is 16.7 Å². The number of benzene rings is 2. The number of amides is 1. The van der Waals surface area contributed by atoms with Gasteiger partial charge >= 0.3 is 0 Å². The van der Waals surface area contributed by atoms with Crippen LogP contribution in [-0.4, -0.2) is 21.1 Å². The van der Waals surface area contributed by atoms with Crippen LogP contribution in [0.2, 0.25) is 0 Å². The maximum absolute atomic E-state index is 13.7. The molecule has 0 aliphatic heterocycles. The first-order valence-electron chi connectivity index (χ1n) is 7.50. The van der Waals surface area contributed by atoms with E-state index in [-0.39, 0.29) is 11.6 Å². The van der Waals surface area contributed by atoms with Crippen LogP contribution >= 0.6 is 11.8 Å². The summed E-state index contributed by atoms with van der Waals surface area (Å²) >= 11 is 1.33. The van der Waals surface area contributed by atoms with Crippen molar-refractivity contribution in [2.24, 2.45) is 0 Å². The number of para-hydroxylation sites is 2. The Bertz CT molecular complexity index is 900. The second kappa shape index (κ2) is 6.97. The van der Waals surface area contributed by atoms with Crippen LogP contribution in [0.5, 0.6) is 0 Å². The van der Waals surface area contributed by atoms with E-state index in [0.717, 1.165) is 15.9 Å². The Kier molecular flexibility index (Phi) is 4.76. The van der Waals surface area contributed by atoms with Gasteiger partial charge < -0.3 is 5.32 Å². The Morgan fingerprint density at radius 1 is 1.12 bits per heavy atom. The molecule has 0 aliphatic carbocycles. The fourth-order valence-corrected chi connectivity index (χ4v) is 3.25. The van der Waals surface area contributed by atoms with Crippen LogP contribution in [0.4, 0.5) is 10.1 Å². The van der Waals surface area contributed by atoms with E-state index in [1.54, 1.807) is 19.1 Å². The third-order valence-corrected chi connectivity index (χ3v) is 4.57. The van der Waals surface area contributed by atoms with Crippen molar-refractivity contribution in [2.75, 3.05) is 5.32 Å². The number of hydrogen-bond donors (Lipinski definition) is 1. The minimum Gasteiger partial charge on any atom is -0.323 e. The lowest BCUT2D eigenvalue weighted by atomic mass is 10.2. The van der Waals surface area contributed by atoms with Gasteiger partial charge in [0.25, 0.3) is 0 Å². The van der Waals surface area contributed by atoms with Gasteiger partial charge in [0.2, 0.25) is 5.91 Å². The van der Waals surface area contributed by atoms with Gasteiger partial charge in [-0.15, -0.1) is 0 Å². The zero-order chi connectivity index (χ0) is 17.1. The first kappa shape index (κ1) is 16.4. The smallest absolute Gasteiger partial charge is 0.237 e. The van der Waals surface area contributed by atoms with Crippen LogP contribution in [0.3, 0.4) is 0 Å². The molecule has 1 amide bonds. The third-order valence-electron chi connectivity index (χ3n) is 3.47. The minimum atomic E-state index is -0.452. The molecule has 0 saturated heterocycles. The summed E-state index contributed by atoms with van der Waals surface area (Å²) in [5, 5.41) is 3.83. The summed E-state index contributed by atoms with van der Waals surface area (Å²) < 4.78 is 13.7. The standard InChI is InChI=1S/C18H16FN3OS/c1-11(17(23)22-16-10-6-4-8-14(16)19)24-18-13-7-3-5-9-15(13)20-12(2)21-18/h3-11H,1-2H3,(H,22,23)/t11-/m1/s1. The van der Waals surface area contributed by atoms with E-state index in [1.165, 1.54) is 23.9 Å². The van der Waals surface area contributed by atoms with Gasteiger partial charge in [0.05, 0.1) is 16.5 Å². The largest absolute Gasteiger partial charge is 0.323 e. The van der Waals surface area contributed by atoms with E-state index in [4.69, 9.17) is 0 Å². The number of nitrogens with zero attached hydrogens (tertiary/aromatic N) is 2. The van der Waals surface area contributed by atoms with Gasteiger partial charge in [-0.25, -0.2) is 14.4 Å². The van der Waals surface area contributed by atoms with Crippen LogP contribution in [0.1, 0.15) is 12.7 Å². The highest BCUT2D eigenvalue weighted by Crippen LogP contribution is 2.29. The third kappa shape index (κ3) is 3.54. The van der Waals surface area contributed by atoms with Crippen molar-refractivity contribution in [1.29, 1.82) is 0 Å². The Morgan fingerprint density at radius 2 is 1.83 bits per heavy atom. The van der Waals surface area contributed by atoms with Crippen molar-refractivity contribution >= 4 is 34.3 Å². The highest BCUT2D eigenvalue weighted by molar-refractivity contribution is 8.00. The number of anilines is 1. The quantitative estimate of drug-likeness (QED) is 0.571. The molecule has 6 heteroatoms. The van der Waals surface area contributed by atoms with Gasteiger partial charge in [-0.1, -0.05) is 42.1 Å². The van der Waals surface area contributed by atoms with Crippen molar-refractivity contribution in [3.63, 3.8) is 0 Å². The predicted octanol–water partition coefficient (Wildman–Crippen LogP) is 4.20. The van der Waals surface area contributed by atoms with Crippen molar-refractivity contribution in [2.45, 2.75) is 24.1 Å². The van der Waals surface area contributed by atoms with E-state index in [0.29, 0.717) is 5.82 Å². The van der Waals surface area contributed by atoms with Crippen LogP contribution in [0, 0.1) is 12.7 Å². The number of thioether (sulfide) groups is 1. The summed E-state index contributed by atoms with van der Waals surface area (Å²) in [4.78, 5) is 21.2. The van der Waals surface area contributed by atoms with E-state index in [9.17, 15) is 9.18 Å². The number of aromatic nitrogens is 2. The fraction of sp³-hybridized carbons (Fsp3) is 0.167. The maximum Gasteiger partial charge on any atom is 0.237 e. The number of aryl methyl sites for hydroxylation is 1. The van der Waals surface area contributed by atoms with Crippen molar-refractivity contribution in [1.82, 2.24) is 9.97 Å². The molecule has 0 saturated carbocycles. The number of halogens is 1. The van der Waals surface area contributed by atoms with Crippen molar-refractivity contribution < 1.29 is 9.18 Å². The number of carbonyl (C=O) groups excluding carboxylic acids is 1. The molecule has 0 unspecified atom stereocenters. The summed E-state index contributed by atoms with van der Waals surface area (Å²) in [6.45, 7) is 3.59. The summed E-state index contributed by atoms with van der Waals surface area (Å²) in [6.07, 6.45) is 0. The number of rotatable bonds is 4. The topological polar surface area (TPSA) is 54.9 Å². The molecule has 0 bridgehead atoms. The summed E-state index contributed by atoms with van der Waals surface area (Å²) in [5.74, 6) is -0.0743. The van der Waals surface area contributed by atoms with Crippen molar-refractivity contribution in [3.8, 4) is 0 Å². The van der Waals surface area contributed by atoms with Crippen LogP contribution in [0.25, 0.3) is 10.9 Å². The average molecular weight is 341 g/mol. The molecule has 0 spiro atoms. The Balaban J connectivity index is 1.81. The Morgan fingerprint density at radius 3 is 2.62 bits per heavy atom. The fourth-order valence-electron chi connectivity index (χ4n) is 2.27. The molecule has 1 aromatic heterocycles. The van der Waals surface area contributed by atoms with Gasteiger partial charge in [0, 0.05) is 5.39 Å². The van der Waals surface area contributed by atoms with Crippen molar-refractivity contribution in [3.05, 3.63) is 60.2 Å². The zero-order valence-corrected chi connectivity index (χ0v) is 14.1. The van der Waals surface area contributed by atoms with Gasteiger partial charge in [-0.05, 0) is 32.0 Å². The Labute approximate surface area is 143 Å². The molecule has 3 rings (SSSR count). The van der Waals surface area contributed by atoms with E-state index < -0.39 is 11.1 Å². The van der Waals surface area contributed by atoms with Gasteiger partial charge in [0.15, 0.2) is 0 Å². The molecular formula is C18H16FN3OS. The number of hydrogen-bond acceptors (Lipinski definition) is 4. The molecule has 2 aromatic carbocycles. The summed E-state index contributed by atoms with van der Waals surface area (Å²) in [6, 6.07) is 13.8.